The van der Waals surface area contributed by atoms with Crippen LogP contribution < -0.4 is 5.73 Å². The quantitative estimate of drug-likeness (QED) is 0.218. The number of phosphoric ester groups is 1. The van der Waals surface area contributed by atoms with Crippen LogP contribution in [0.4, 0.5) is 5.82 Å². The number of nitrogen functional groups attached to an aromatic ring is 1. The van der Waals surface area contributed by atoms with Crippen molar-refractivity contribution >= 4 is 60.1 Å². The highest BCUT2D eigenvalue weighted by atomic mass is 32.5. The second-order valence-electron chi connectivity index (χ2n) is 10.2. The standard InChI is InChI=1S/C21H23N11O9P2S/c22-18-16-19(24-5-23-18)30(7-26-16)14-1-10-13(39-14)4-37-43(35,44)41-11-2-15(38-12(11)3-36-42(33,34)40-10)31-8-27-17-20(31)28-9-32-21(17)25-6-29-32/h5-15H,1-4H2,(H,33,34)(H,35,44)(H2,22,23,24)/t10-,11-,12+,13+,14+,15+,43?/m0/s1. The molecule has 0 aromatic carbocycles. The van der Waals surface area contributed by atoms with Crippen LogP contribution in [0.3, 0.4) is 0 Å². The Hall–Kier alpha value is -3.07. The maximum absolute atomic E-state index is 13.1. The molecule has 8 rings (SSSR count). The molecule has 0 saturated carbocycles. The second kappa shape index (κ2) is 10.5. The minimum atomic E-state index is -4.66. The maximum atomic E-state index is 13.1. The molecule has 5 aromatic rings. The van der Waals surface area contributed by atoms with Gasteiger partial charge in [0.05, 0.1) is 32.0 Å². The van der Waals surface area contributed by atoms with Gasteiger partial charge in [0.2, 0.25) is 0 Å². The molecule has 3 aliphatic heterocycles. The minimum absolute atomic E-state index is 0.0805. The Morgan fingerprint density at radius 3 is 2.16 bits per heavy atom. The summed E-state index contributed by atoms with van der Waals surface area (Å²) in [6.45, 7) is -4.62. The Morgan fingerprint density at radius 1 is 0.773 bits per heavy atom. The number of imidazole rings is 2. The van der Waals surface area contributed by atoms with E-state index in [1.54, 1.807) is 9.13 Å². The van der Waals surface area contributed by atoms with Crippen molar-refractivity contribution in [3.8, 4) is 0 Å². The van der Waals surface area contributed by atoms with Crippen LogP contribution in [0.2, 0.25) is 0 Å². The van der Waals surface area contributed by atoms with Crippen LogP contribution in [0.15, 0.2) is 31.6 Å². The monoisotopic (exact) mass is 667 g/mol. The fraction of sp³-hybridized carbons (Fsp3) is 0.476. The molecule has 3 saturated heterocycles. The van der Waals surface area contributed by atoms with E-state index in [4.69, 9.17) is 45.1 Å². The second-order valence-corrected chi connectivity index (χ2v) is 14.4. The van der Waals surface area contributed by atoms with Crippen LogP contribution in [0, 0.1) is 0 Å². The van der Waals surface area contributed by atoms with E-state index >= 15 is 0 Å². The van der Waals surface area contributed by atoms with E-state index in [1.165, 1.54) is 36.2 Å². The molecule has 0 spiro atoms. The van der Waals surface area contributed by atoms with Crippen molar-refractivity contribution in [2.75, 3.05) is 18.9 Å². The molecule has 0 bridgehead atoms. The van der Waals surface area contributed by atoms with Crippen molar-refractivity contribution in [2.24, 2.45) is 0 Å². The van der Waals surface area contributed by atoms with Gasteiger partial charge in [-0.2, -0.15) is 5.10 Å². The zero-order valence-corrected chi connectivity index (χ0v) is 24.9. The average molecular weight is 667 g/mol. The van der Waals surface area contributed by atoms with E-state index in [0.717, 1.165) is 0 Å². The summed E-state index contributed by atoms with van der Waals surface area (Å²) >= 11 is 5.33. The molecule has 20 nitrogen and oxygen atoms in total. The first-order chi connectivity index (χ1) is 21.1. The number of nitrogens with two attached hydrogens (primary N) is 1. The van der Waals surface area contributed by atoms with Gasteiger partial charge < -0.3 is 34.0 Å². The number of phosphoric acid groups is 1. The number of rotatable bonds is 2. The highest BCUT2D eigenvalue weighted by molar-refractivity contribution is 8.07. The molecule has 2 unspecified atom stereocenters. The van der Waals surface area contributed by atoms with Crippen LogP contribution in [0.5, 0.6) is 0 Å². The van der Waals surface area contributed by atoms with E-state index in [-0.39, 0.29) is 25.3 Å². The summed E-state index contributed by atoms with van der Waals surface area (Å²) in [5.41, 5.74) is 8.12. The van der Waals surface area contributed by atoms with E-state index in [9.17, 15) is 14.4 Å². The van der Waals surface area contributed by atoms with E-state index in [2.05, 4.69) is 35.0 Å². The van der Waals surface area contributed by atoms with Crippen LogP contribution >= 0.6 is 14.5 Å². The van der Waals surface area contributed by atoms with Crippen LogP contribution in [0.1, 0.15) is 25.3 Å². The van der Waals surface area contributed by atoms with Crippen molar-refractivity contribution in [3.63, 3.8) is 0 Å². The summed E-state index contributed by atoms with van der Waals surface area (Å²) in [4.78, 5) is 47.1. The Bertz CT molecular complexity index is 1990. The van der Waals surface area contributed by atoms with Crippen molar-refractivity contribution in [2.45, 2.75) is 49.7 Å². The summed E-state index contributed by atoms with van der Waals surface area (Å²) < 4.78 is 52.6. The molecule has 5 aromatic heterocycles. The van der Waals surface area contributed by atoms with Crippen molar-refractivity contribution in [3.05, 3.63) is 31.6 Å². The van der Waals surface area contributed by atoms with Gasteiger partial charge in [0.15, 0.2) is 28.3 Å². The molecule has 0 radical (unpaired) electrons. The summed E-state index contributed by atoms with van der Waals surface area (Å²) in [6, 6.07) is 0. The SMILES string of the molecule is Nc1ncnc2c1ncn2[C@H]1C[C@@H]2OP(=O)(O)OC[C@H]3O[C@@H](n4cnc5c4ncn4ncnc54)C[C@@H]3OP(O)(=S)OC[C@H]2O1. The first kappa shape index (κ1) is 28.4. The van der Waals surface area contributed by atoms with Crippen molar-refractivity contribution in [1.82, 2.24) is 48.7 Å². The van der Waals surface area contributed by atoms with Gasteiger partial charge in [-0.1, -0.05) is 0 Å². The fourth-order valence-corrected chi connectivity index (χ4v) is 7.98. The molecule has 0 amide bonds. The molecule has 23 heteroatoms. The van der Waals surface area contributed by atoms with Crippen LogP contribution in [0.25, 0.3) is 28.0 Å². The van der Waals surface area contributed by atoms with Crippen molar-refractivity contribution < 1.29 is 41.9 Å². The predicted molar refractivity (Wildman–Crippen MR) is 149 cm³/mol. The summed E-state index contributed by atoms with van der Waals surface area (Å²) in [5.74, 6) is 0.185. The zero-order valence-electron chi connectivity index (χ0n) is 22.3. The topological polar surface area (TPSA) is 243 Å². The Morgan fingerprint density at radius 2 is 1.41 bits per heavy atom. The molecule has 4 N–H and O–H groups in total. The maximum Gasteiger partial charge on any atom is 0.472 e. The molecule has 8 atom stereocenters. The smallest absolute Gasteiger partial charge is 0.382 e. The summed E-state index contributed by atoms with van der Waals surface area (Å²) in [7, 11) is -4.66. The first-order valence-electron chi connectivity index (χ1n) is 13.2. The Labute approximate surface area is 250 Å². The molecule has 0 aliphatic carbocycles. The molecule has 232 valence electrons. The van der Waals surface area contributed by atoms with E-state index in [1.807, 2.05) is 0 Å². The normalized spacial score (nSPS) is 35.0. The number of aromatic nitrogens is 10. The number of hydrogen-bond donors (Lipinski definition) is 3. The van der Waals surface area contributed by atoms with Crippen LogP contribution in [-0.4, -0.2) is 96.1 Å². The first-order valence-corrected chi connectivity index (χ1v) is 17.3. The molecular weight excluding hydrogens is 644 g/mol. The summed E-state index contributed by atoms with van der Waals surface area (Å²) in [5, 5.41) is 4.06. The van der Waals surface area contributed by atoms with Gasteiger partial charge in [-0.25, -0.2) is 39.0 Å². The molecule has 8 heterocycles. The number of nitrogens with zero attached hydrogens (tertiary/aromatic N) is 10. The molecular formula is C21H23N11O9P2S. The number of fused-ring (bicyclic) bond motifs is 6. The number of hydrogen-bond acceptors (Lipinski definition) is 16. The van der Waals surface area contributed by atoms with Gasteiger partial charge in [-0.05, 0) is 11.8 Å². The van der Waals surface area contributed by atoms with E-state index in [0.29, 0.717) is 28.0 Å². The summed E-state index contributed by atoms with van der Waals surface area (Å²) in [6.07, 6.45) is 2.16. The van der Waals surface area contributed by atoms with Gasteiger partial charge in [0.25, 0.3) is 0 Å². The highest BCUT2D eigenvalue weighted by Crippen LogP contribution is 2.53. The third kappa shape index (κ3) is 4.99. The van der Waals surface area contributed by atoms with Gasteiger partial charge in [-0.15, -0.1) is 0 Å². The third-order valence-electron chi connectivity index (χ3n) is 7.55. The third-order valence-corrected chi connectivity index (χ3v) is 10.2. The lowest BCUT2D eigenvalue weighted by Gasteiger charge is -2.28. The van der Waals surface area contributed by atoms with Crippen molar-refractivity contribution in [1.29, 1.82) is 0 Å². The molecule has 3 aliphatic rings. The van der Waals surface area contributed by atoms with Gasteiger partial charge in [-0.3, -0.25) is 18.2 Å². The zero-order chi connectivity index (χ0) is 30.2. The molecule has 44 heavy (non-hydrogen) atoms. The average Bonchev–Trinajstić information content (AvgIpc) is 3.79. The fourth-order valence-electron chi connectivity index (χ4n) is 5.55. The number of ether oxygens (including phenoxy) is 2. The lowest BCUT2D eigenvalue weighted by molar-refractivity contribution is -0.0621. The van der Waals surface area contributed by atoms with Gasteiger partial charge >= 0.3 is 14.5 Å². The lowest BCUT2D eigenvalue weighted by Crippen LogP contribution is -2.32. The van der Waals surface area contributed by atoms with E-state index < -0.39 is 58.0 Å². The Kier molecular flexibility index (Phi) is 6.78. The van der Waals surface area contributed by atoms with Gasteiger partial charge in [0, 0.05) is 12.8 Å². The van der Waals surface area contributed by atoms with Crippen LogP contribution in [-0.2, 0) is 43.9 Å². The Balaban J connectivity index is 1.04. The predicted octanol–water partition coefficient (Wildman–Crippen LogP) is 0.605. The highest BCUT2D eigenvalue weighted by Gasteiger charge is 2.47. The molecule has 3 fully saturated rings. The lowest BCUT2D eigenvalue weighted by atomic mass is 10.2. The van der Waals surface area contributed by atoms with Gasteiger partial charge in [0.1, 0.15) is 55.3 Å². The minimum Gasteiger partial charge on any atom is -0.382 e. The largest absolute Gasteiger partial charge is 0.472 e. The number of anilines is 1.